The Morgan fingerprint density at radius 1 is 1.17 bits per heavy atom. The maximum absolute atomic E-state index is 12.4. The summed E-state index contributed by atoms with van der Waals surface area (Å²) in [6.45, 7) is -1.59. The van der Waals surface area contributed by atoms with Gasteiger partial charge in [0.2, 0.25) is 11.8 Å². The molecule has 9 heteroatoms. The van der Waals surface area contributed by atoms with E-state index in [1.54, 1.807) is 24.3 Å². The lowest BCUT2D eigenvalue weighted by molar-refractivity contribution is -0.130. The van der Waals surface area contributed by atoms with Crippen molar-refractivity contribution in [2.24, 2.45) is 4.99 Å². The van der Waals surface area contributed by atoms with Crippen LogP contribution in [0.25, 0.3) is 6.08 Å². The van der Waals surface area contributed by atoms with Gasteiger partial charge >= 0.3 is 12.6 Å². The average Bonchev–Trinajstić information content (AvgIpc) is 3.03. The zero-order valence-electron chi connectivity index (χ0n) is 15.4. The molecule has 0 spiro atoms. The molecule has 1 aliphatic heterocycles. The highest BCUT2D eigenvalue weighted by Crippen LogP contribution is 2.31. The molecule has 2 aromatic carbocycles. The highest BCUT2D eigenvalue weighted by atomic mass is 19.3. The maximum Gasteiger partial charge on any atom is 0.387 e. The highest BCUT2D eigenvalue weighted by Gasteiger charge is 2.25. The molecule has 0 aliphatic carbocycles. The average molecular weight is 402 g/mol. The van der Waals surface area contributed by atoms with E-state index in [9.17, 15) is 18.4 Å². The summed E-state index contributed by atoms with van der Waals surface area (Å²) in [5.41, 5.74) is 1.73. The van der Waals surface area contributed by atoms with Crippen molar-refractivity contribution >= 4 is 29.5 Å². The summed E-state index contributed by atoms with van der Waals surface area (Å²) in [5, 5.41) is 2.64. The number of esters is 1. The maximum atomic E-state index is 12.4. The van der Waals surface area contributed by atoms with Crippen LogP contribution in [0.3, 0.4) is 0 Å². The van der Waals surface area contributed by atoms with E-state index in [2.05, 4.69) is 15.0 Å². The monoisotopic (exact) mass is 402 g/mol. The van der Waals surface area contributed by atoms with Crippen molar-refractivity contribution in [1.29, 1.82) is 0 Å². The molecule has 0 fully saturated rings. The van der Waals surface area contributed by atoms with Gasteiger partial charge in [-0.2, -0.15) is 8.78 Å². The Hall–Kier alpha value is -3.75. The number of aliphatic imine (C=N–C) groups is 1. The molecule has 0 radical (unpaired) electrons. The van der Waals surface area contributed by atoms with Crippen molar-refractivity contribution in [1.82, 2.24) is 0 Å². The number of alkyl halides is 2. The lowest BCUT2D eigenvalue weighted by Gasteiger charge is -2.10. The van der Waals surface area contributed by atoms with Gasteiger partial charge in [0.1, 0.15) is 0 Å². The van der Waals surface area contributed by atoms with E-state index < -0.39 is 12.6 Å². The van der Waals surface area contributed by atoms with E-state index >= 15 is 0 Å². The lowest BCUT2D eigenvalue weighted by atomic mass is 10.1. The third kappa shape index (κ3) is 4.95. The molecular weight excluding hydrogens is 386 g/mol. The molecule has 0 atom stereocenters. The quantitative estimate of drug-likeness (QED) is 0.589. The van der Waals surface area contributed by atoms with Crippen LogP contribution in [0.4, 0.5) is 14.5 Å². The van der Waals surface area contributed by atoms with E-state index in [1.807, 2.05) is 0 Å². The minimum atomic E-state index is -3.00. The number of hydrogen-bond donors (Lipinski definition) is 1. The van der Waals surface area contributed by atoms with Crippen LogP contribution >= 0.6 is 0 Å². The van der Waals surface area contributed by atoms with Gasteiger partial charge < -0.3 is 19.5 Å². The Kier molecular flexibility index (Phi) is 5.87. The molecule has 3 rings (SSSR count). The smallest absolute Gasteiger partial charge is 0.387 e. The minimum absolute atomic E-state index is 0.0120. The fourth-order valence-corrected chi connectivity index (χ4v) is 2.55. The molecule has 2 aromatic rings. The number of hydrogen-bond acceptors (Lipinski definition) is 6. The first kappa shape index (κ1) is 20.0. The number of halogens is 2. The molecule has 1 aliphatic rings. The zero-order chi connectivity index (χ0) is 21.0. The Balaban J connectivity index is 1.84. The number of amides is 1. The van der Waals surface area contributed by atoms with Crippen molar-refractivity contribution in [3.63, 3.8) is 0 Å². The second kappa shape index (κ2) is 8.51. The SMILES string of the molecule is COc1cc(C2=N/C(=C\c3ccc(NC(C)=O)cc3)C(=O)O2)ccc1OC(F)F. The summed E-state index contributed by atoms with van der Waals surface area (Å²) in [4.78, 5) is 27.3. The van der Waals surface area contributed by atoms with E-state index in [4.69, 9.17) is 9.47 Å². The molecule has 0 unspecified atom stereocenters. The first-order valence-corrected chi connectivity index (χ1v) is 8.39. The number of anilines is 1. The predicted octanol–water partition coefficient (Wildman–Crippen LogP) is 3.60. The Morgan fingerprint density at radius 3 is 2.52 bits per heavy atom. The molecule has 150 valence electrons. The van der Waals surface area contributed by atoms with E-state index in [-0.39, 0.29) is 29.0 Å². The summed E-state index contributed by atoms with van der Waals surface area (Å²) in [6.07, 6.45) is 1.53. The normalized spacial score (nSPS) is 14.6. The van der Waals surface area contributed by atoms with E-state index in [1.165, 1.54) is 38.3 Å². The lowest BCUT2D eigenvalue weighted by Crippen LogP contribution is -2.07. The minimum Gasteiger partial charge on any atom is -0.493 e. The number of benzene rings is 2. The molecule has 29 heavy (non-hydrogen) atoms. The molecule has 0 bridgehead atoms. The molecule has 1 heterocycles. The first-order chi connectivity index (χ1) is 13.9. The van der Waals surface area contributed by atoms with Gasteiger partial charge in [-0.15, -0.1) is 0 Å². The number of cyclic esters (lactones) is 1. The molecule has 0 saturated carbocycles. The summed E-state index contributed by atoms with van der Waals surface area (Å²) in [6, 6.07) is 10.9. The summed E-state index contributed by atoms with van der Waals surface area (Å²) in [5.74, 6) is -0.931. The first-order valence-electron chi connectivity index (χ1n) is 8.39. The second-order valence-corrected chi connectivity index (χ2v) is 5.88. The molecule has 0 aromatic heterocycles. The number of ether oxygens (including phenoxy) is 3. The van der Waals surface area contributed by atoms with Crippen molar-refractivity contribution in [3.8, 4) is 11.5 Å². The van der Waals surface area contributed by atoms with Crippen LogP contribution in [0.15, 0.2) is 53.2 Å². The topological polar surface area (TPSA) is 86.2 Å². The molecule has 1 amide bonds. The van der Waals surface area contributed by atoms with Gasteiger partial charge in [-0.05, 0) is 42.0 Å². The number of carbonyl (C=O) groups excluding carboxylic acids is 2. The van der Waals surface area contributed by atoms with E-state index in [0.717, 1.165) is 0 Å². The van der Waals surface area contributed by atoms with Crippen molar-refractivity contribution in [3.05, 3.63) is 59.3 Å². The highest BCUT2D eigenvalue weighted by molar-refractivity contribution is 6.13. The Bertz CT molecular complexity index is 1000. The van der Waals surface area contributed by atoms with Gasteiger partial charge in [-0.1, -0.05) is 12.1 Å². The van der Waals surface area contributed by atoms with Gasteiger partial charge in [-0.25, -0.2) is 9.79 Å². The summed E-state index contributed by atoms with van der Waals surface area (Å²) >= 11 is 0. The number of nitrogens with one attached hydrogen (secondary N) is 1. The zero-order valence-corrected chi connectivity index (χ0v) is 15.4. The molecule has 7 nitrogen and oxygen atoms in total. The Labute approximate surface area is 164 Å². The molecule has 1 N–H and O–H groups in total. The van der Waals surface area contributed by atoms with Crippen LogP contribution in [-0.2, 0) is 14.3 Å². The summed E-state index contributed by atoms with van der Waals surface area (Å²) < 4.78 is 39.4. The third-order valence-electron chi connectivity index (χ3n) is 3.78. The Morgan fingerprint density at radius 2 is 1.90 bits per heavy atom. The number of carbonyl (C=O) groups is 2. The van der Waals surface area contributed by atoms with Gasteiger partial charge in [0.05, 0.1) is 7.11 Å². The van der Waals surface area contributed by atoms with E-state index in [0.29, 0.717) is 16.8 Å². The number of methoxy groups -OCH3 is 1. The standard InChI is InChI=1S/C20H16F2N2O5/c1-11(25)23-14-6-3-12(4-7-14)9-15-19(26)29-18(24-15)13-5-8-16(28-20(21)22)17(10-13)27-2/h3-10,20H,1-2H3,(H,23,25)/b15-9-. The van der Waals surface area contributed by atoms with Crippen LogP contribution < -0.4 is 14.8 Å². The van der Waals surface area contributed by atoms with Crippen molar-refractivity contribution in [2.45, 2.75) is 13.5 Å². The number of rotatable bonds is 6. The fourth-order valence-electron chi connectivity index (χ4n) is 2.55. The van der Waals surface area contributed by atoms with Gasteiger partial charge in [-0.3, -0.25) is 4.79 Å². The fraction of sp³-hybridized carbons (Fsp3) is 0.150. The van der Waals surface area contributed by atoms with Gasteiger partial charge in [0.25, 0.3) is 0 Å². The molecule has 0 saturated heterocycles. The third-order valence-corrected chi connectivity index (χ3v) is 3.78. The van der Waals surface area contributed by atoms with Crippen LogP contribution in [-0.4, -0.2) is 31.5 Å². The number of nitrogens with zero attached hydrogens (tertiary/aromatic N) is 1. The molecular formula is C20H16F2N2O5. The van der Waals surface area contributed by atoms with Crippen molar-refractivity contribution in [2.75, 3.05) is 12.4 Å². The van der Waals surface area contributed by atoms with Crippen LogP contribution in [0.2, 0.25) is 0 Å². The van der Waals surface area contributed by atoms with Crippen molar-refractivity contribution < 1.29 is 32.6 Å². The second-order valence-electron chi connectivity index (χ2n) is 5.88. The van der Waals surface area contributed by atoms with Crippen LogP contribution in [0.1, 0.15) is 18.1 Å². The van der Waals surface area contributed by atoms with Crippen LogP contribution in [0, 0.1) is 0 Å². The van der Waals surface area contributed by atoms with Gasteiger partial charge in [0.15, 0.2) is 17.2 Å². The summed E-state index contributed by atoms with van der Waals surface area (Å²) in [7, 11) is 1.30. The largest absolute Gasteiger partial charge is 0.493 e. The van der Waals surface area contributed by atoms with Crippen LogP contribution in [0.5, 0.6) is 11.5 Å². The van der Waals surface area contributed by atoms with Gasteiger partial charge in [0, 0.05) is 18.2 Å². The predicted molar refractivity (Wildman–Crippen MR) is 101 cm³/mol.